The quantitative estimate of drug-likeness (QED) is 0.760. The third-order valence-corrected chi connectivity index (χ3v) is 4.04. The Morgan fingerprint density at radius 2 is 1.80 bits per heavy atom. The van der Waals surface area contributed by atoms with Gasteiger partial charge in [0.2, 0.25) is 5.91 Å². The predicted octanol–water partition coefficient (Wildman–Crippen LogP) is 3.64. The van der Waals surface area contributed by atoms with Gasteiger partial charge >= 0.3 is 5.97 Å². The molecule has 128 valence electrons. The van der Waals surface area contributed by atoms with Gasteiger partial charge in [-0.2, -0.15) is 0 Å². The van der Waals surface area contributed by atoms with Crippen LogP contribution in [-0.4, -0.2) is 22.9 Å². The van der Waals surface area contributed by atoms with Crippen molar-refractivity contribution in [1.29, 1.82) is 0 Å². The van der Waals surface area contributed by atoms with Crippen LogP contribution < -0.4 is 10.6 Å². The van der Waals surface area contributed by atoms with E-state index in [0.29, 0.717) is 16.3 Å². The smallest absolute Gasteiger partial charge is 0.337 e. The normalized spacial score (nSPS) is 13.2. The Labute approximate surface area is 148 Å². The maximum absolute atomic E-state index is 12.4. The van der Waals surface area contributed by atoms with Crippen molar-refractivity contribution in [2.24, 2.45) is 5.92 Å². The second-order valence-electron chi connectivity index (χ2n) is 5.79. The Bertz CT molecular complexity index is 862. The summed E-state index contributed by atoms with van der Waals surface area (Å²) in [6.45, 7) is 0. The molecule has 6 nitrogen and oxygen atoms in total. The minimum atomic E-state index is -1.17. The lowest BCUT2D eigenvalue weighted by Crippen LogP contribution is -2.16. The molecule has 2 aromatic rings. The second kappa shape index (κ2) is 6.94. The molecule has 0 unspecified atom stereocenters. The third kappa shape index (κ3) is 4.16. The average molecular weight is 359 g/mol. The molecule has 0 bridgehead atoms. The number of anilines is 2. The van der Waals surface area contributed by atoms with E-state index in [-0.39, 0.29) is 23.1 Å². The number of halogens is 1. The van der Waals surface area contributed by atoms with Crippen LogP contribution in [0.1, 0.15) is 33.6 Å². The number of carboxylic acids is 1. The Morgan fingerprint density at radius 3 is 2.48 bits per heavy atom. The van der Waals surface area contributed by atoms with Crippen molar-refractivity contribution in [2.45, 2.75) is 12.8 Å². The van der Waals surface area contributed by atoms with Crippen LogP contribution in [0.4, 0.5) is 11.4 Å². The highest BCUT2D eigenvalue weighted by atomic mass is 35.5. The van der Waals surface area contributed by atoms with Gasteiger partial charge in [-0.1, -0.05) is 17.7 Å². The molecule has 25 heavy (non-hydrogen) atoms. The lowest BCUT2D eigenvalue weighted by molar-refractivity contribution is -0.117. The van der Waals surface area contributed by atoms with E-state index in [4.69, 9.17) is 11.6 Å². The van der Waals surface area contributed by atoms with Crippen molar-refractivity contribution >= 4 is 40.8 Å². The average Bonchev–Trinajstić information content (AvgIpc) is 3.40. The zero-order valence-corrected chi connectivity index (χ0v) is 13.8. The van der Waals surface area contributed by atoms with Crippen LogP contribution in [-0.2, 0) is 4.79 Å². The summed E-state index contributed by atoms with van der Waals surface area (Å²) in [4.78, 5) is 35.5. The largest absolute Gasteiger partial charge is 0.478 e. The number of carbonyl (C=O) groups is 3. The molecule has 2 aromatic carbocycles. The molecule has 0 aromatic heterocycles. The zero-order valence-electron chi connectivity index (χ0n) is 13.1. The van der Waals surface area contributed by atoms with E-state index in [1.165, 1.54) is 18.2 Å². The fourth-order valence-electron chi connectivity index (χ4n) is 2.33. The summed E-state index contributed by atoms with van der Waals surface area (Å²) in [6.07, 6.45) is 1.78. The summed E-state index contributed by atoms with van der Waals surface area (Å²) >= 11 is 5.88. The summed E-state index contributed by atoms with van der Waals surface area (Å²) < 4.78 is 0. The van der Waals surface area contributed by atoms with E-state index in [1.807, 2.05) is 0 Å². The maximum atomic E-state index is 12.4. The monoisotopic (exact) mass is 358 g/mol. The lowest BCUT2D eigenvalue weighted by atomic mass is 10.1. The molecular formula is C18H15ClN2O4. The number of rotatable bonds is 5. The molecule has 0 aliphatic heterocycles. The van der Waals surface area contributed by atoms with Crippen LogP contribution in [0.5, 0.6) is 0 Å². The molecule has 1 aliphatic carbocycles. The van der Waals surface area contributed by atoms with Gasteiger partial charge in [0, 0.05) is 22.2 Å². The first-order valence-electron chi connectivity index (χ1n) is 7.69. The summed E-state index contributed by atoms with van der Waals surface area (Å²) in [5.74, 6) is -1.66. The molecule has 1 aliphatic rings. The first-order valence-corrected chi connectivity index (χ1v) is 8.07. The molecule has 2 amide bonds. The van der Waals surface area contributed by atoms with Gasteiger partial charge in [-0.25, -0.2) is 4.79 Å². The van der Waals surface area contributed by atoms with Gasteiger partial charge < -0.3 is 15.7 Å². The SMILES string of the molecule is O=C(Nc1cc(Cl)ccc1C(=O)O)c1cccc(NC(=O)C2CC2)c1. The van der Waals surface area contributed by atoms with Gasteiger partial charge in [-0.15, -0.1) is 0 Å². The zero-order chi connectivity index (χ0) is 18.0. The van der Waals surface area contributed by atoms with Gasteiger partial charge in [-0.05, 0) is 49.2 Å². The minimum absolute atomic E-state index is 0.0550. The van der Waals surface area contributed by atoms with Crippen molar-refractivity contribution in [2.75, 3.05) is 10.6 Å². The minimum Gasteiger partial charge on any atom is -0.478 e. The van der Waals surface area contributed by atoms with E-state index in [1.54, 1.807) is 24.3 Å². The third-order valence-electron chi connectivity index (χ3n) is 3.80. The van der Waals surface area contributed by atoms with Crippen molar-refractivity contribution in [3.8, 4) is 0 Å². The van der Waals surface area contributed by atoms with Gasteiger partial charge in [0.05, 0.1) is 11.3 Å². The van der Waals surface area contributed by atoms with Crippen LogP contribution in [0, 0.1) is 5.92 Å². The Morgan fingerprint density at radius 1 is 1.04 bits per heavy atom. The highest BCUT2D eigenvalue weighted by molar-refractivity contribution is 6.31. The standard InChI is InChI=1S/C18H15ClN2O4/c19-12-6-7-14(18(24)25)15(9-12)21-17(23)11-2-1-3-13(8-11)20-16(22)10-4-5-10/h1-3,6-10H,4-5H2,(H,20,22)(H,21,23)(H,24,25). The molecule has 1 saturated carbocycles. The van der Waals surface area contributed by atoms with E-state index in [2.05, 4.69) is 10.6 Å². The van der Waals surface area contributed by atoms with Crippen LogP contribution in [0.15, 0.2) is 42.5 Å². The molecule has 0 spiro atoms. The Balaban J connectivity index is 1.78. The van der Waals surface area contributed by atoms with Gasteiger partial charge in [0.1, 0.15) is 0 Å². The highest BCUT2D eigenvalue weighted by Crippen LogP contribution is 2.30. The van der Waals surface area contributed by atoms with Crippen LogP contribution in [0.25, 0.3) is 0 Å². The molecule has 0 radical (unpaired) electrons. The summed E-state index contributed by atoms with van der Waals surface area (Å²) in [7, 11) is 0. The summed E-state index contributed by atoms with van der Waals surface area (Å²) in [5.41, 5.74) is 0.868. The highest BCUT2D eigenvalue weighted by Gasteiger charge is 2.29. The van der Waals surface area contributed by atoms with Crippen molar-refractivity contribution < 1.29 is 19.5 Å². The first-order chi connectivity index (χ1) is 11.9. The van der Waals surface area contributed by atoms with E-state index in [9.17, 15) is 19.5 Å². The van der Waals surface area contributed by atoms with E-state index >= 15 is 0 Å². The van der Waals surface area contributed by atoms with Gasteiger partial charge in [0.15, 0.2) is 0 Å². The molecule has 0 saturated heterocycles. The van der Waals surface area contributed by atoms with Crippen LogP contribution in [0.2, 0.25) is 5.02 Å². The number of benzene rings is 2. The maximum Gasteiger partial charge on any atom is 0.337 e. The number of hydrogen-bond acceptors (Lipinski definition) is 3. The molecule has 0 heterocycles. The number of aromatic carboxylic acids is 1. The molecule has 7 heteroatoms. The summed E-state index contributed by atoms with van der Waals surface area (Å²) in [6, 6.07) is 10.6. The molecule has 1 fully saturated rings. The fraction of sp³-hybridized carbons (Fsp3) is 0.167. The first kappa shape index (κ1) is 17.0. The summed E-state index contributed by atoms with van der Waals surface area (Å²) in [5, 5.41) is 14.8. The molecule has 0 atom stereocenters. The lowest BCUT2D eigenvalue weighted by Gasteiger charge is -2.10. The fourth-order valence-corrected chi connectivity index (χ4v) is 2.50. The molecule has 3 N–H and O–H groups in total. The van der Waals surface area contributed by atoms with Crippen molar-refractivity contribution in [3.05, 3.63) is 58.6 Å². The Kier molecular flexibility index (Phi) is 4.72. The molecule has 3 rings (SSSR count). The molecular weight excluding hydrogens is 344 g/mol. The number of amides is 2. The van der Waals surface area contributed by atoms with Crippen LogP contribution in [0.3, 0.4) is 0 Å². The number of carbonyl (C=O) groups excluding carboxylic acids is 2. The van der Waals surface area contributed by atoms with Crippen molar-refractivity contribution in [3.63, 3.8) is 0 Å². The number of carboxylic acid groups (broad SMARTS) is 1. The number of nitrogens with one attached hydrogen (secondary N) is 2. The van der Waals surface area contributed by atoms with E-state index in [0.717, 1.165) is 12.8 Å². The van der Waals surface area contributed by atoms with Gasteiger partial charge in [0.25, 0.3) is 5.91 Å². The second-order valence-corrected chi connectivity index (χ2v) is 6.23. The van der Waals surface area contributed by atoms with E-state index < -0.39 is 11.9 Å². The van der Waals surface area contributed by atoms with Crippen molar-refractivity contribution in [1.82, 2.24) is 0 Å². The number of hydrogen-bond donors (Lipinski definition) is 3. The van der Waals surface area contributed by atoms with Gasteiger partial charge in [-0.3, -0.25) is 9.59 Å². The van der Waals surface area contributed by atoms with Crippen LogP contribution >= 0.6 is 11.6 Å². The Hall–Kier alpha value is -2.86. The topological polar surface area (TPSA) is 95.5 Å². The predicted molar refractivity (Wildman–Crippen MR) is 94.2 cm³/mol.